The Labute approximate surface area is 133 Å². The van der Waals surface area contributed by atoms with Crippen LogP contribution in [0.3, 0.4) is 0 Å². The highest BCUT2D eigenvalue weighted by molar-refractivity contribution is 5.92. The van der Waals surface area contributed by atoms with Crippen molar-refractivity contribution in [2.45, 2.75) is 38.3 Å². The molecule has 5 nitrogen and oxygen atoms in total. The zero-order valence-corrected chi connectivity index (χ0v) is 12.9. The third-order valence-electron chi connectivity index (χ3n) is 4.01. The molecule has 2 atom stereocenters. The predicted octanol–water partition coefficient (Wildman–Crippen LogP) is 2.71. The van der Waals surface area contributed by atoms with Crippen molar-refractivity contribution in [3.05, 3.63) is 53.5 Å². The molecule has 0 saturated carbocycles. The first-order valence-electron chi connectivity index (χ1n) is 7.77. The maximum absolute atomic E-state index is 13.5. The normalized spacial score (nSPS) is 20.9. The van der Waals surface area contributed by atoms with Gasteiger partial charge in [0.15, 0.2) is 11.6 Å². The number of aryl methyl sites for hydroxylation is 1. The van der Waals surface area contributed by atoms with Crippen LogP contribution in [0.5, 0.6) is 0 Å². The summed E-state index contributed by atoms with van der Waals surface area (Å²) < 4.78 is 18.8. The monoisotopic (exact) mass is 318 g/mol. The fourth-order valence-electron chi connectivity index (χ4n) is 2.95. The van der Waals surface area contributed by atoms with Gasteiger partial charge in [0.2, 0.25) is 0 Å². The molecule has 6 heteroatoms. The molecule has 2 unspecified atom stereocenters. The number of oxazole rings is 1. The van der Waals surface area contributed by atoms with Crippen molar-refractivity contribution in [3.63, 3.8) is 0 Å². The summed E-state index contributed by atoms with van der Waals surface area (Å²) in [4.78, 5) is 18.4. The van der Waals surface area contributed by atoms with E-state index in [0.717, 1.165) is 6.42 Å². The van der Waals surface area contributed by atoms with E-state index in [9.17, 15) is 14.3 Å². The molecule has 23 heavy (non-hydrogen) atoms. The van der Waals surface area contributed by atoms with E-state index in [1.165, 1.54) is 23.3 Å². The molecule has 1 fully saturated rings. The van der Waals surface area contributed by atoms with Gasteiger partial charge in [0.05, 0.1) is 12.1 Å². The number of rotatable bonds is 4. The van der Waals surface area contributed by atoms with Gasteiger partial charge in [0.1, 0.15) is 12.1 Å². The Balaban J connectivity index is 1.85. The summed E-state index contributed by atoms with van der Waals surface area (Å²) in [7, 11) is 0. The van der Waals surface area contributed by atoms with Crippen molar-refractivity contribution in [2.24, 2.45) is 0 Å². The number of amides is 1. The first-order valence-corrected chi connectivity index (χ1v) is 7.77. The molecule has 3 rings (SSSR count). The number of likely N-dealkylation sites (tertiary alicyclic amines) is 1. The van der Waals surface area contributed by atoms with Gasteiger partial charge in [0, 0.05) is 13.0 Å². The van der Waals surface area contributed by atoms with E-state index >= 15 is 0 Å². The van der Waals surface area contributed by atoms with Crippen LogP contribution in [0.15, 0.2) is 34.9 Å². The SMILES string of the molecule is CCCc1nc(C(=O)N2CC(O)CC2c2cccc(F)c2)co1. The number of hydrogen-bond donors (Lipinski definition) is 1. The molecule has 1 aromatic heterocycles. The number of carbonyl (C=O) groups is 1. The van der Waals surface area contributed by atoms with E-state index in [1.54, 1.807) is 12.1 Å². The van der Waals surface area contributed by atoms with Crippen LogP contribution in [0.2, 0.25) is 0 Å². The highest BCUT2D eigenvalue weighted by atomic mass is 19.1. The summed E-state index contributed by atoms with van der Waals surface area (Å²) in [6.45, 7) is 2.21. The molecule has 2 heterocycles. The van der Waals surface area contributed by atoms with Crippen molar-refractivity contribution in [1.82, 2.24) is 9.88 Å². The Morgan fingerprint density at radius 1 is 1.52 bits per heavy atom. The molecule has 1 aliphatic heterocycles. The second-order valence-electron chi connectivity index (χ2n) is 5.79. The van der Waals surface area contributed by atoms with Crippen LogP contribution in [-0.2, 0) is 6.42 Å². The number of hydrogen-bond acceptors (Lipinski definition) is 4. The fraction of sp³-hybridized carbons (Fsp3) is 0.412. The summed E-state index contributed by atoms with van der Waals surface area (Å²) in [6.07, 6.45) is 2.65. The van der Waals surface area contributed by atoms with Crippen LogP contribution >= 0.6 is 0 Å². The van der Waals surface area contributed by atoms with E-state index in [-0.39, 0.29) is 30.0 Å². The molecule has 2 aromatic rings. The highest BCUT2D eigenvalue weighted by Gasteiger charge is 2.36. The number of β-amino-alcohol motifs (C(OH)–C–C–N with tert-alkyl or cyclic N) is 1. The summed E-state index contributed by atoms with van der Waals surface area (Å²) in [5.41, 5.74) is 0.899. The fourth-order valence-corrected chi connectivity index (χ4v) is 2.95. The predicted molar refractivity (Wildman–Crippen MR) is 81.3 cm³/mol. The van der Waals surface area contributed by atoms with Gasteiger partial charge in [-0.2, -0.15) is 0 Å². The number of aromatic nitrogens is 1. The minimum atomic E-state index is -0.630. The minimum absolute atomic E-state index is 0.204. The molecule has 0 spiro atoms. The average molecular weight is 318 g/mol. The number of benzene rings is 1. The van der Waals surface area contributed by atoms with E-state index in [2.05, 4.69) is 4.98 Å². The number of aliphatic hydroxyl groups excluding tert-OH is 1. The van der Waals surface area contributed by atoms with E-state index in [4.69, 9.17) is 4.42 Å². The smallest absolute Gasteiger partial charge is 0.276 e. The largest absolute Gasteiger partial charge is 0.448 e. The van der Waals surface area contributed by atoms with Gasteiger partial charge in [-0.15, -0.1) is 0 Å². The Bertz CT molecular complexity index is 701. The third kappa shape index (κ3) is 3.27. The summed E-state index contributed by atoms with van der Waals surface area (Å²) >= 11 is 0. The Morgan fingerprint density at radius 3 is 3.09 bits per heavy atom. The van der Waals surface area contributed by atoms with Crippen LogP contribution < -0.4 is 0 Å². The van der Waals surface area contributed by atoms with Crippen LogP contribution in [0, 0.1) is 5.82 Å². The Kier molecular flexibility index (Phi) is 4.43. The molecular weight excluding hydrogens is 299 g/mol. The van der Waals surface area contributed by atoms with Crippen LogP contribution in [0.25, 0.3) is 0 Å². The summed E-state index contributed by atoms with van der Waals surface area (Å²) in [5, 5.41) is 9.95. The van der Waals surface area contributed by atoms with Crippen molar-refractivity contribution in [3.8, 4) is 0 Å². The number of carbonyl (C=O) groups excluding carboxylic acids is 1. The van der Waals surface area contributed by atoms with Crippen molar-refractivity contribution < 1.29 is 18.7 Å². The van der Waals surface area contributed by atoms with Gasteiger partial charge in [-0.25, -0.2) is 9.37 Å². The van der Waals surface area contributed by atoms with Gasteiger partial charge in [-0.1, -0.05) is 19.1 Å². The van der Waals surface area contributed by atoms with Gasteiger partial charge in [-0.05, 0) is 30.5 Å². The molecule has 122 valence electrons. The van der Waals surface area contributed by atoms with Crippen molar-refractivity contribution in [1.29, 1.82) is 0 Å². The topological polar surface area (TPSA) is 66.6 Å². The number of halogens is 1. The maximum atomic E-state index is 13.5. The zero-order valence-electron chi connectivity index (χ0n) is 12.9. The second kappa shape index (κ2) is 6.50. The van der Waals surface area contributed by atoms with Crippen LogP contribution in [0.1, 0.15) is 47.7 Å². The third-order valence-corrected chi connectivity index (χ3v) is 4.01. The Hall–Kier alpha value is -2.21. The summed E-state index contributed by atoms with van der Waals surface area (Å²) in [6, 6.07) is 5.76. The van der Waals surface area contributed by atoms with Crippen LogP contribution in [-0.4, -0.2) is 33.5 Å². The zero-order chi connectivity index (χ0) is 16.4. The number of nitrogens with zero attached hydrogens (tertiary/aromatic N) is 2. The summed E-state index contributed by atoms with van der Waals surface area (Å²) in [5.74, 6) is -0.136. The molecule has 0 bridgehead atoms. The van der Waals surface area contributed by atoms with Gasteiger partial charge in [-0.3, -0.25) is 4.79 Å². The van der Waals surface area contributed by atoms with Gasteiger partial charge < -0.3 is 14.4 Å². The lowest BCUT2D eigenvalue weighted by Gasteiger charge is -2.23. The van der Waals surface area contributed by atoms with E-state index in [1.807, 2.05) is 6.92 Å². The molecule has 1 N–H and O–H groups in total. The molecule has 1 saturated heterocycles. The molecule has 1 aliphatic rings. The molecule has 1 aromatic carbocycles. The molecular formula is C17H19FN2O3. The molecule has 0 radical (unpaired) electrons. The lowest BCUT2D eigenvalue weighted by atomic mass is 10.0. The van der Waals surface area contributed by atoms with Gasteiger partial charge in [0.25, 0.3) is 5.91 Å². The van der Waals surface area contributed by atoms with E-state index < -0.39 is 6.10 Å². The van der Waals surface area contributed by atoms with Crippen LogP contribution in [0.4, 0.5) is 4.39 Å². The highest BCUT2D eigenvalue weighted by Crippen LogP contribution is 2.33. The van der Waals surface area contributed by atoms with E-state index in [0.29, 0.717) is 24.3 Å². The molecule has 1 amide bonds. The lowest BCUT2D eigenvalue weighted by molar-refractivity contribution is 0.0709. The second-order valence-corrected chi connectivity index (χ2v) is 5.79. The standard InChI is InChI=1S/C17H19FN2O3/c1-2-4-16-19-14(10-23-16)17(22)20-9-13(21)8-15(20)11-5-3-6-12(18)7-11/h3,5-7,10,13,15,21H,2,4,8-9H2,1H3. The van der Waals surface area contributed by atoms with Gasteiger partial charge >= 0.3 is 0 Å². The van der Waals surface area contributed by atoms with Crippen molar-refractivity contribution >= 4 is 5.91 Å². The average Bonchev–Trinajstić information content (AvgIpc) is 3.14. The quantitative estimate of drug-likeness (QED) is 0.941. The maximum Gasteiger partial charge on any atom is 0.276 e. The van der Waals surface area contributed by atoms with Crippen molar-refractivity contribution in [2.75, 3.05) is 6.54 Å². The first-order chi connectivity index (χ1) is 11.1. The molecule has 0 aliphatic carbocycles. The number of aliphatic hydroxyl groups is 1. The first kappa shape index (κ1) is 15.7. The minimum Gasteiger partial charge on any atom is -0.448 e. The Morgan fingerprint density at radius 2 is 2.35 bits per heavy atom. The lowest BCUT2D eigenvalue weighted by Crippen LogP contribution is -2.32.